The highest BCUT2D eigenvalue weighted by Crippen LogP contribution is 2.34. The van der Waals surface area contributed by atoms with Crippen LogP contribution in [0.1, 0.15) is 45.1 Å². The first kappa shape index (κ1) is 33.3. The second-order valence-electron chi connectivity index (χ2n) is 9.86. The Morgan fingerprint density at radius 2 is 1.52 bits per heavy atom. The maximum absolute atomic E-state index is 13.0. The second-order valence-corrected chi connectivity index (χ2v) is 15.5. The molecule has 0 aliphatic heterocycles. The fourth-order valence-electron chi connectivity index (χ4n) is 4.19. The third-order valence-electron chi connectivity index (χ3n) is 6.55. The van der Waals surface area contributed by atoms with Crippen molar-refractivity contribution in [1.82, 2.24) is 4.98 Å². The van der Waals surface area contributed by atoms with Gasteiger partial charge in [-0.25, -0.2) is 21.8 Å². The molecule has 1 atom stereocenters. The molecule has 1 heterocycles. The van der Waals surface area contributed by atoms with Crippen LogP contribution in [0.25, 0.3) is 22.4 Å². The number of hydrogen-bond acceptors (Lipinski definition) is 9. The number of carbonyl (C=O) groups is 1. The van der Waals surface area contributed by atoms with E-state index >= 15 is 0 Å². The van der Waals surface area contributed by atoms with E-state index in [0.29, 0.717) is 47.5 Å². The fourth-order valence-corrected chi connectivity index (χ4v) is 9.30. The Morgan fingerprint density at radius 3 is 2.12 bits per heavy atom. The Bertz CT molecular complexity index is 1590. The first-order chi connectivity index (χ1) is 20.1. The van der Waals surface area contributed by atoms with Crippen LogP contribution in [0.4, 0.5) is 0 Å². The van der Waals surface area contributed by atoms with Crippen molar-refractivity contribution >= 4 is 37.4 Å². The molecular formula is C31H36N2O6S3. The Kier molecular flexibility index (Phi) is 12.6. The summed E-state index contributed by atoms with van der Waals surface area (Å²) >= 11 is 1.02. The number of unbranched alkanes of at least 4 members (excludes halogenated alkanes) is 2. The standard InChI is InChI=1S/C31H36N2O6S3/c1-3-5-17-41(35,36)23-26(42(37,38)18-6-4-2)21-39-30(34)22-40-31-28(20-32)27(24-13-9-7-10-14-24)19-29(33-31)25-15-11-8-12-16-25/h7-16,19,26H,3-6,17-18,21-23H2,1-2H3. The van der Waals surface area contributed by atoms with E-state index in [2.05, 4.69) is 11.1 Å². The summed E-state index contributed by atoms with van der Waals surface area (Å²) in [5.41, 5.74) is 3.27. The third kappa shape index (κ3) is 9.68. The summed E-state index contributed by atoms with van der Waals surface area (Å²) in [5.74, 6) is -1.83. The minimum absolute atomic E-state index is 0.114. The summed E-state index contributed by atoms with van der Waals surface area (Å²) in [6, 6.07) is 22.9. The van der Waals surface area contributed by atoms with E-state index in [1.54, 1.807) is 0 Å². The molecule has 0 bridgehead atoms. The Morgan fingerprint density at radius 1 is 0.929 bits per heavy atom. The molecule has 0 amide bonds. The maximum atomic E-state index is 13.0. The Hall–Kier alpha value is -3.20. The zero-order chi connectivity index (χ0) is 30.6. The molecule has 1 aromatic heterocycles. The average molecular weight is 629 g/mol. The van der Waals surface area contributed by atoms with Gasteiger partial charge in [-0.15, -0.1) is 0 Å². The monoisotopic (exact) mass is 628 g/mol. The lowest BCUT2D eigenvalue weighted by molar-refractivity contribution is -0.140. The van der Waals surface area contributed by atoms with Gasteiger partial charge in [-0.1, -0.05) is 99.1 Å². The molecule has 0 N–H and O–H groups in total. The van der Waals surface area contributed by atoms with E-state index in [1.165, 1.54) is 0 Å². The molecule has 8 nitrogen and oxygen atoms in total. The molecule has 0 aliphatic carbocycles. The van der Waals surface area contributed by atoms with Crippen molar-refractivity contribution < 1.29 is 26.4 Å². The zero-order valence-corrected chi connectivity index (χ0v) is 26.3. The van der Waals surface area contributed by atoms with Crippen LogP contribution in [-0.4, -0.2) is 62.7 Å². The summed E-state index contributed by atoms with van der Waals surface area (Å²) in [4.78, 5) is 17.5. The van der Waals surface area contributed by atoms with Gasteiger partial charge in [-0.05, 0) is 24.5 Å². The number of rotatable bonds is 16. The summed E-state index contributed by atoms with van der Waals surface area (Å²) in [7, 11) is -7.45. The summed E-state index contributed by atoms with van der Waals surface area (Å²) in [5, 5.41) is 9.05. The number of sulfone groups is 2. The van der Waals surface area contributed by atoms with E-state index in [9.17, 15) is 26.9 Å². The number of carbonyl (C=O) groups excluding carboxylic acids is 1. The fraction of sp³-hybridized carbons (Fsp3) is 0.387. The maximum Gasteiger partial charge on any atom is 0.316 e. The molecule has 3 rings (SSSR count). The lowest BCUT2D eigenvalue weighted by atomic mass is 9.99. The molecule has 2 aromatic carbocycles. The van der Waals surface area contributed by atoms with Gasteiger partial charge in [0.2, 0.25) is 0 Å². The molecule has 0 saturated carbocycles. The third-order valence-corrected chi connectivity index (χ3v) is 11.7. The van der Waals surface area contributed by atoms with Gasteiger partial charge in [0.1, 0.15) is 23.0 Å². The van der Waals surface area contributed by atoms with E-state index in [0.717, 1.165) is 22.9 Å². The summed E-state index contributed by atoms with van der Waals surface area (Å²) < 4.78 is 56.4. The number of hydrogen-bond donors (Lipinski definition) is 0. The number of nitriles is 1. The molecule has 224 valence electrons. The topological polar surface area (TPSA) is 131 Å². The number of pyridine rings is 1. The molecule has 0 aliphatic rings. The lowest BCUT2D eigenvalue weighted by Gasteiger charge is -2.18. The highest BCUT2D eigenvalue weighted by atomic mass is 32.2. The lowest BCUT2D eigenvalue weighted by Crippen LogP contribution is -2.37. The zero-order valence-electron chi connectivity index (χ0n) is 23.9. The quantitative estimate of drug-likeness (QED) is 0.144. The van der Waals surface area contributed by atoms with Crippen molar-refractivity contribution in [2.24, 2.45) is 0 Å². The van der Waals surface area contributed by atoms with Crippen LogP contribution >= 0.6 is 11.8 Å². The van der Waals surface area contributed by atoms with Crippen LogP contribution in [-0.2, 0) is 29.2 Å². The number of aromatic nitrogens is 1. The average Bonchev–Trinajstić information content (AvgIpc) is 3.00. The summed E-state index contributed by atoms with van der Waals surface area (Å²) in [6.45, 7) is 3.16. The molecular weight excluding hydrogens is 593 g/mol. The number of esters is 1. The van der Waals surface area contributed by atoms with Gasteiger partial charge < -0.3 is 4.74 Å². The number of nitrogens with zero attached hydrogens (tertiary/aromatic N) is 2. The Balaban J connectivity index is 1.82. The summed E-state index contributed by atoms with van der Waals surface area (Å²) in [6.07, 6.45) is 2.12. The normalized spacial score (nSPS) is 12.4. The highest BCUT2D eigenvalue weighted by Gasteiger charge is 2.31. The Labute approximate surface area is 253 Å². The van der Waals surface area contributed by atoms with Crippen LogP contribution in [0.2, 0.25) is 0 Å². The molecule has 11 heteroatoms. The minimum Gasteiger partial charge on any atom is -0.464 e. The first-order valence-corrected chi connectivity index (χ1v) is 18.4. The van der Waals surface area contributed by atoms with E-state index in [-0.39, 0.29) is 17.3 Å². The largest absolute Gasteiger partial charge is 0.464 e. The minimum atomic E-state index is -3.81. The number of thioether (sulfide) groups is 1. The van der Waals surface area contributed by atoms with Crippen LogP contribution < -0.4 is 0 Å². The van der Waals surface area contributed by atoms with Crippen molar-refractivity contribution in [2.45, 2.75) is 49.8 Å². The van der Waals surface area contributed by atoms with Gasteiger partial charge in [-0.3, -0.25) is 4.79 Å². The molecule has 0 saturated heterocycles. The van der Waals surface area contributed by atoms with Gasteiger partial charge in [0.05, 0.1) is 34.3 Å². The number of ether oxygens (including phenoxy) is 1. The van der Waals surface area contributed by atoms with E-state index in [4.69, 9.17) is 4.74 Å². The van der Waals surface area contributed by atoms with Gasteiger partial charge in [0.15, 0.2) is 19.7 Å². The smallest absolute Gasteiger partial charge is 0.316 e. The van der Waals surface area contributed by atoms with Crippen LogP contribution in [0, 0.1) is 11.3 Å². The van der Waals surface area contributed by atoms with Crippen molar-refractivity contribution in [1.29, 1.82) is 5.26 Å². The van der Waals surface area contributed by atoms with Crippen molar-refractivity contribution in [3.63, 3.8) is 0 Å². The van der Waals surface area contributed by atoms with E-state index in [1.807, 2.05) is 80.6 Å². The van der Waals surface area contributed by atoms with Crippen LogP contribution in [0.3, 0.4) is 0 Å². The van der Waals surface area contributed by atoms with Crippen LogP contribution in [0.5, 0.6) is 0 Å². The van der Waals surface area contributed by atoms with Crippen molar-refractivity contribution in [3.8, 4) is 28.5 Å². The van der Waals surface area contributed by atoms with Crippen molar-refractivity contribution in [2.75, 3.05) is 29.6 Å². The SMILES string of the molecule is CCCCS(=O)(=O)CC(COC(=O)CSc1nc(-c2ccccc2)cc(-c2ccccc2)c1C#N)S(=O)(=O)CCCC. The first-order valence-electron chi connectivity index (χ1n) is 13.9. The molecule has 0 fully saturated rings. The number of benzene rings is 2. The van der Waals surface area contributed by atoms with Gasteiger partial charge in [0, 0.05) is 11.1 Å². The van der Waals surface area contributed by atoms with Crippen molar-refractivity contribution in [3.05, 3.63) is 72.3 Å². The highest BCUT2D eigenvalue weighted by molar-refractivity contribution is 8.00. The molecule has 42 heavy (non-hydrogen) atoms. The van der Waals surface area contributed by atoms with E-state index < -0.39 is 43.3 Å². The predicted octanol–water partition coefficient (Wildman–Crippen LogP) is 5.72. The molecule has 1 unspecified atom stereocenters. The second kappa shape index (κ2) is 15.9. The molecule has 3 aromatic rings. The molecule has 0 radical (unpaired) electrons. The molecule has 0 spiro atoms. The predicted molar refractivity (Wildman–Crippen MR) is 168 cm³/mol. The van der Waals surface area contributed by atoms with Gasteiger partial charge in [0.25, 0.3) is 0 Å². The van der Waals surface area contributed by atoms with Gasteiger partial charge >= 0.3 is 5.97 Å². The van der Waals surface area contributed by atoms with Crippen LogP contribution in [0.15, 0.2) is 71.8 Å². The van der Waals surface area contributed by atoms with Gasteiger partial charge in [-0.2, -0.15) is 5.26 Å².